The summed E-state index contributed by atoms with van der Waals surface area (Å²) in [5, 5.41) is 0. The molecule has 1 spiro atoms. The Kier molecular flexibility index (Phi) is 1.33. The molecule has 4 nitrogen and oxygen atoms in total. The predicted octanol–water partition coefficient (Wildman–Crippen LogP) is 0.0439. The number of hydrogen-bond donors (Lipinski definition) is 3. The van der Waals surface area contributed by atoms with E-state index in [0.29, 0.717) is 6.42 Å². The largest absolute Gasteiger partial charge is 0.329 e. The van der Waals surface area contributed by atoms with Gasteiger partial charge in [-0.05, 0) is 24.7 Å². The average molecular weight is 177 g/mol. The van der Waals surface area contributed by atoms with Crippen LogP contribution in [0.4, 0.5) is 0 Å². The minimum absolute atomic E-state index is 0.0432. The van der Waals surface area contributed by atoms with Crippen molar-refractivity contribution in [2.24, 2.45) is 11.1 Å². The molecule has 64 valence electrons. The Bertz CT molecular complexity index is 230. The maximum atomic E-state index is 10.8. The van der Waals surface area contributed by atoms with E-state index in [1.807, 2.05) is 0 Å². The highest BCUT2D eigenvalue weighted by atomic mass is 31.2. The highest BCUT2D eigenvalue weighted by Gasteiger charge is 2.67. The van der Waals surface area contributed by atoms with Gasteiger partial charge in [-0.2, -0.15) is 0 Å². The van der Waals surface area contributed by atoms with Crippen LogP contribution in [0, 0.1) is 5.41 Å². The van der Waals surface area contributed by atoms with Gasteiger partial charge in [0.1, 0.15) is 0 Å². The van der Waals surface area contributed by atoms with Gasteiger partial charge in [0.05, 0.1) is 5.66 Å². The molecular weight excluding hydrogens is 165 g/mol. The van der Waals surface area contributed by atoms with Gasteiger partial charge in [0.25, 0.3) is 0 Å². The molecular formula is C6H12NO3P. The van der Waals surface area contributed by atoms with Crippen LogP contribution in [0.5, 0.6) is 0 Å². The molecule has 0 aromatic carbocycles. The molecule has 0 saturated heterocycles. The highest BCUT2D eigenvalue weighted by Crippen LogP contribution is 2.73. The molecule has 2 rings (SSSR count). The third kappa shape index (κ3) is 1.05. The van der Waals surface area contributed by atoms with E-state index in [4.69, 9.17) is 15.5 Å². The zero-order valence-electron chi connectivity index (χ0n) is 6.10. The summed E-state index contributed by atoms with van der Waals surface area (Å²) >= 11 is 0. The molecule has 0 bridgehead atoms. The van der Waals surface area contributed by atoms with Gasteiger partial charge in [-0.25, -0.2) is 0 Å². The molecule has 2 aliphatic rings. The van der Waals surface area contributed by atoms with E-state index < -0.39 is 7.60 Å². The van der Waals surface area contributed by atoms with Crippen molar-refractivity contribution < 1.29 is 14.4 Å². The Hall–Kier alpha value is 0.110. The summed E-state index contributed by atoms with van der Waals surface area (Å²) in [6.45, 7) is 0. The lowest BCUT2D eigenvalue weighted by Crippen LogP contribution is -2.39. The first-order valence-corrected chi connectivity index (χ1v) is 5.43. The van der Waals surface area contributed by atoms with Crippen molar-refractivity contribution in [2.75, 3.05) is 0 Å². The normalized spacial score (nSPS) is 49.0. The zero-order chi connectivity index (χ0) is 8.28. The van der Waals surface area contributed by atoms with E-state index in [-0.39, 0.29) is 17.1 Å². The lowest BCUT2D eigenvalue weighted by Gasteiger charge is -2.33. The fraction of sp³-hybridized carbons (Fsp3) is 1.00. The summed E-state index contributed by atoms with van der Waals surface area (Å²) in [7, 11) is -3.80. The fourth-order valence-electron chi connectivity index (χ4n) is 2.23. The van der Waals surface area contributed by atoms with Gasteiger partial charge >= 0.3 is 7.60 Å². The number of hydrogen-bond acceptors (Lipinski definition) is 2. The van der Waals surface area contributed by atoms with Gasteiger partial charge in [0.15, 0.2) is 0 Å². The van der Waals surface area contributed by atoms with Crippen molar-refractivity contribution in [3.63, 3.8) is 0 Å². The van der Waals surface area contributed by atoms with Gasteiger partial charge in [-0.1, -0.05) is 0 Å². The third-order valence-corrected chi connectivity index (χ3v) is 4.43. The second kappa shape index (κ2) is 1.88. The van der Waals surface area contributed by atoms with Gasteiger partial charge < -0.3 is 15.5 Å². The first-order valence-electron chi connectivity index (χ1n) is 3.75. The molecule has 0 heterocycles. The first-order chi connectivity index (χ1) is 4.94. The Labute approximate surface area is 64.9 Å². The van der Waals surface area contributed by atoms with Crippen LogP contribution in [0.15, 0.2) is 0 Å². The molecule has 2 aliphatic carbocycles. The summed E-state index contributed by atoms with van der Waals surface area (Å²) in [6.07, 6.45) is 2.30. The van der Waals surface area contributed by atoms with Crippen LogP contribution in [0.1, 0.15) is 19.3 Å². The van der Waals surface area contributed by atoms with E-state index in [1.54, 1.807) is 0 Å². The summed E-state index contributed by atoms with van der Waals surface area (Å²) in [5.41, 5.74) is 5.14. The van der Waals surface area contributed by atoms with Crippen LogP contribution in [0.2, 0.25) is 0 Å². The monoisotopic (exact) mass is 177 g/mol. The van der Waals surface area contributed by atoms with Crippen LogP contribution >= 0.6 is 7.60 Å². The average Bonchev–Trinajstić information content (AvgIpc) is 2.37. The second-order valence-corrected chi connectivity index (χ2v) is 5.64. The summed E-state index contributed by atoms with van der Waals surface area (Å²) < 4.78 is 10.8. The van der Waals surface area contributed by atoms with E-state index >= 15 is 0 Å². The van der Waals surface area contributed by atoms with Crippen molar-refractivity contribution in [1.82, 2.24) is 0 Å². The smallest absolute Gasteiger partial charge is 0.328 e. The molecule has 1 unspecified atom stereocenters. The molecule has 2 fully saturated rings. The minimum atomic E-state index is -3.80. The van der Waals surface area contributed by atoms with Crippen molar-refractivity contribution in [1.29, 1.82) is 0 Å². The Balaban J connectivity index is 2.01. The van der Waals surface area contributed by atoms with Crippen LogP contribution in [-0.2, 0) is 4.57 Å². The van der Waals surface area contributed by atoms with Crippen molar-refractivity contribution in [3.8, 4) is 0 Å². The molecule has 0 amide bonds. The lowest BCUT2D eigenvalue weighted by atomic mass is 9.77. The highest BCUT2D eigenvalue weighted by molar-refractivity contribution is 7.53. The Morgan fingerprint density at radius 2 is 1.91 bits per heavy atom. The summed E-state index contributed by atoms with van der Waals surface area (Å²) in [4.78, 5) is 17.6. The van der Waals surface area contributed by atoms with Gasteiger partial charge in [0, 0.05) is 6.04 Å². The summed E-state index contributed by atoms with van der Waals surface area (Å²) in [5.74, 6) is 0. The van der Waals surface area contributed by atoms with Crippen LogP contribution < -0.4 is 5.73 Å². The quantitative estimate of drug-likeness (QED) is 0.494. The molecule has 0 radical (unpaired) electrons. The van der Waals surface area contributed by atoms with Gasteiger partial charge in [-0.15, -0.1) is 0 Å². The van der Waals surface area contributed by atoms with E-state index in [1.165, 1.54) is 0 Å². The first kappa shape index (κ1) is 7.74. The fourth-order valence-corrected chi connectivity index (χ4v) is 3.75. The van der Waals surface area contributed by atoms with Gasteiger partial charge in [0.2, 0.25) is 0 Å². The Morgan fingerprint density at radius 1 is 1.36 bits per heavy atom. The van der Waals surface area contributed by atoms with Crippen molar-refractivity contribution >= 4 is 7.60 Å². The molecule has 0 aliphatic heterocycles. The van der Waals surface area contributed by atoms with Crippen LogP contribution in [0.25, 0.3) is 0 Å². The Morgan fingerprint density at radius 3 is 2.18 bits per heavy atom. The van der Waals surface area contributed by atoms with E-state index in [2.05, 4.69) is 0 Å². The standard InChI is InChI=1S/C6H12NO3P/c7-4-1-6(2-4)3-5(6)11(8,9)10/h4-5H,1-3,7H2,(H2,8,9,10). The zero-order valence-corrected chi connectivity index (χ0v) is 7.00. The molecule has 5 heteroatoms. The number of rotatable bonds is 1. The molecule has 4 N–H and O–H groups in total. The SMILES string of the molecule is NC1CC2(C1)CC2P(=O)(O)O. The van der Waals surface area contributed by atoms with Crippen LogP contribution in [-0.4, -0.2) is 21.5 Å². The maximum absolute atomic E-state index is 10.8. The second-order valence-electron chi connectivity index (χ2n) is 3.84. The van der Waals surface area contributed by atoms with Gasteiger partial charge in [-0.3, -0.25) is 4.57 Å². The summed E-state index contributed by atoms with van der Waals surface area (Å²) in [6, 6.07) is 0.187. The van der Waals surface area contributed by atoms with Crippen molar-refractivity contribution in [2.45, 2.75) is 31.0 Å². The third-order valence-electron chi connectivity index (χ3n) is 2.89. The molecule has 1 atom stereocenters. The predicted molar refractivity (Wildman–Crippen MR) is 40.1 cm³/mol. The molecule has 0 aromatic heterocycles. The maximum Gasteiger partial charge on any atom is 0.329 e. The topological polar surface area (TPSA) is 83.6 Å². The lowest BCUT2D eigenvalue weighted by molar-refractivity contribution is 0.233. The van der Waals surface area contributed by atoms with Crippen LogP contribution in [0.3, 0.4) is 0 Å². The molecule has 11 heavy (non-hydrogen) atoms. The molecule has 2 saturated carbocycles. The van der Waals surface area contributed by atoms with E-state index in [9.17, 15) is 4.57 Å². The number of nitrogens with two attached hydrogens (primary N) is 1. The molecule has 0 aromatic rings. The van der Waals surface area contributed by atoms with Crippen molar-refractivity contribution in [3.05, 3.63) is 0 Å². The van der Waals surface area contributed by atoms with E-state index in [0.717, 1.165) is 12.8 Å². The minimum Gasteiger partial charge on any atom is -0.328 e.